The van der Waals surface area contributed by atoms with Crippen LogP contribution in [0.1, 0.15) is 15.9 Å². The smallest absolute Gasteiger partial charge is 0.173 e. The van der Waals surface area contributed by atoms with Crippen LogP contribution >= 0.6 is 11.6 Å². The Morgan fingerprint density at radius 2 is 1.80 bits per heavy atom. The molecule has 0 saturated carbocycles. The Morgan fingerprint density at radius 3 is 2.50 bits per heavy atom. The molecular weight excluding hydrogens is 286 g/mol. The van der Waals surface area contributed by atoms with Gasteiger partial charge in [-0.2, -0.15) is 0 Å². The highest BCUT2D eigenvalue weighted by Gasteiger charge is 2.19. The van der Waals surface area contributed by atoms with Crippen LogP contribution in [0.2, 0.25) is 5.02 Å². The van der Waals surface area contributed by atoms with Gasteiger partial charge in [-0.1, -0.05) is 29.8 Å². The first-order valence-corrected chi connectivity index (χ1v) is 6.21. The van der Waals surface area contributed by atoms with Crippen LogP contribution in [-0.4, -0.2) is 12.9 Å². The maximum absolute atomic E-state index is 13.8. The summed E-state index contributed by atoms with van der Waals surface area (Å²) >= 11 is 5.79. The Morgan fingerprint density at radius 1 is 1.15 bits per heavy atom. The zero-order valence-corrected chi connectivity index (χ0v) is 11.4. The highest BCUT2D eigenvalue weighted by molar-refractivity contribution is 6.31. The lowest BCUT2D eigenvalue weighted by atomic mass is 10.0. The van der Waals surface area contributed by atoms with E-state index in [1.807, 2.05) is 0 Å². The van der Waals surface area contributed by atoms with Crippen LogP contribution < -0.4 is 4.74 Å². The summed E-state index contributed by atoms with van der Waals surface area (Å²) in [5, 5.41) is -0.129. The van der Waals surface area contributed by atoms with E-state index in [0.29, 0.717) is 5.56 Å². The molecule has 0 N–H and O–H groups in total. The van der Waals surface area contributed by atoms with Crippen molar-refractivity contribution in [2.45, 2.75) is 6.42 Å². The van der Waals surface area contributed by atoms with Crippen molar-refractivity contribution in [2.75, 3.05) is 7.11 Å². The third-order valence-corrected chi connectivity index (χ3v) is 3.28. The van der Waals surface area contributed by atoms with Crippen LogP contribution in [0.3, 0.4) is 0 Å². The first-order chi connectivity index (χ1) is 9.54. The van der Waals surface area contributed by atoms with Gasteiger partial charge in [-0.05, 0) is 23.8 Å². The van der Waals surface area contributed by atoms with Gasteiger partial charge < -0.3 is 4.74 Å². The molecule has 2 nitrogen and oxygen atoms in total. The fraction of sp³-hybridized carbons (Fsp3) is 0.133. The van der Waals surface area contributed by atoms with Gasteiger partial charge in [-0.3, -0.25) is 4.79 Å². The fourth-order valence-corrected chi connectivity index (χ4v) is 2.08. The lowest BCUT2D eigenvalue weighted by Crippen LogP contribution is -2.09. The van der Waals surface area contributed by atoms with E-state index in [1.54, 1.807) is 0 Å². The molecule has 0 aromatic heterocycles. The van der Waals surface area contributed by atoms with E-state index in [2.05, 4.69) is 0 Å². The second kappa shape index (κ2) is 6.01. The van der Waals surface area contributed by atoms with Crippen LogP contribution in [-0.2, 0) is 6.42 Å². The number of hydrogen-bond donors (Lipinski definition) is 0. The number of benzene rings is 2. The number of Topliss-reactive ketones (excluding diaryl/α,β-unsaturated/α-hetero) is 1. The minimum absolute atomic E-state index is 0.129. The molecule has 0 aliphatic rings. The Kier molecular flexibility index (Phi) is 4.35. The lowest BCUT2D eigenvalue weighted by molar-refractivity contribution is 0.0986. The van der Waals surface area contributed by atoms with Crippen molar-refractivity contribution in [2.24, 2.45) is 0 Å². The Bertz CT molecular complexity index is 656. The van der Waals surface area contributed by atoms with Crippen molar-refractivity contribution in [3.05, 3.63) is 64.2 Å². The van der Waals surface area contributed by atoms with Gasteiger partial charge in [0.15, 0.2) is 5.78 Å². The minimum Gasteiger partial charge on any atom is -0.496 e. The molecule has 0 fully saturated rings. The van der Waals surface area contributed by atoms with E-state index < -0.39 is 17.4 Å². The molecule has 0 bridgehead atoms. The van der Waals surface area contributed by atoms with E-state index in [9.17, 15) is 13.6 Å². The second-order valence-corrected chi connectivity index (χ2v) is 4.51. The predicted octanol–water partition coefficient (Wildman–Crippen LogP) is 4.05. The van der Waals surface area contributed by atoms with E-state index in [0.717, 1.165) is 0 Å². The van der Waals surface area contributed by atoms with Gasteiger partial charge in [-0.15, -0.1) is 0 Å². The molecule has 20 heavy (non-hydrogen) atoms. The van der Waals surface area contributed by atoms with Crippen LogP contribution in [0, 0.1) is 11.6 Å². The molecular formula is C15H11ClF2O2. The second-order valence-electron chi connectivity index (χ2n) is 4.13. The average molecular weight is 297 g/mol. The third-order valence-electron chi connectivity index (χ3n) is 2.86. The molecule has 0 saturated heterocycles. The normalized spacial score (nSPS) is 10.4. The van der Waals surface area contributed by atoms with Gasteiger partial charge in [0.05, 0.1) is 17.7 Å². The topological polar surface area (TPSA) is 26.3 Å². The number of carbonyl (C=O) groups excluding carboxylic acids is 1. The zero-order chi connectivity index (χ0) is 14.7. The van der Waals surface area contributed by atoms with Crippen molar-refractivity contribution < 1.29 is 18.3 Å². The summed E-state index contributed by atoms with van der Waals surface area (Å²) < 4.78 is 32.0. The van der Waals surface area contributed by atoms with Crippen LogP contribution in [0.25, 0.3) is 0 Å². The lowest BCUT2D eigenvalue weighted by Gasteiger charge is -2.09. The van der Waals surface area contributed by atoms with Gasteiger partial charge >= 0.3 is 0 Å². The van der Waals surface area contributed by atoms with Crippen LogP contribution in [0.5, 0.6) is 5.75 Å². The maximum Gasteiger partial charge on any atom is 0.173 e. The van der Waals surface area contributed by atoms with E-state index in [1.165, 1.54) is 43.5 Å². The zero-order valence-electron chi connectivity index (χ0n) is 10.6. The van der Waals surface area contributed by atoms with Gasteiger partial charge in [0.2, 0.25) is 0 Å². The standard InChI is InChI=1S/C15H11ClF2O2/c1-20-13-7-3-5-10(17)14(13)12(19)8-9-4-2-6-11(18)15(9)16/h2-7H,8H2,1H3. The Hall–Kier alpha value is -1.94. The molecule has 0 atom stereocenters. The number of rotatable bonds is 4. The number of ether oxygens (including phenoxy) is 1. The molecule has 0 aliphatic heterocycles. The summed E-state index contributed by atoms with van der Waals surface area (Å²) in [7, 11) is 1.35. The number of hydrogen-bond acceptors (Lipinski definition) is 2. The molecule has 104 valence electrons. The van der Waals surface area contributed by atoms with E-state index in [4.69, 9.17) is 16.3 Å². The van der Waals surface area contributed by atoms with Crippen molar-refractivity contribution in [1.82, 2.24) is 0 Å². The van der Waals surface area contributed by atoms with E-state index in [-0.39, 0.29) is 22.8 Å². The van der Waals surface area contributed by atoms with Gasteiger partial charge in [0, 0.05) is 6.42 Å². The highest BCUT2D eigenvalue weighted by Crippen LogP contribution is 2.26. The van der Waals surface area contributed by atoms with Gasteiger partial charge in [0.1, 0.15) is 17.4 Å². The first-order valence-electron chi connectivity index (χ1n) is 5.83. The molecule has 0 unspecified atom stereocenters. The summed E-state index contributed by atoms with van der Waals surface area (Å²) in [6.45, 7) is 0. The quantitative estimate of drug-likeness (QED) is 0.796. The molecule has 0 aliphatic carbocycles. The third kappa shape index (κ3) is 2.80. The first kappa shape index (κ1) is 14.5. The van der Waals surface area contributed by atoms with Gasteiger partial charge in [0.25, 0.3) is 0 Å². The highest BCUT2D eigenvalue weighted by atomic mass is 35.5. The monoisotopic (exact) mass is 296 g/mol. The maximum atomic E-state index is 13.8. The molecule has 2 aromatic rings. The van der Waals surface area contributed by atoms with Crippen LogP contribution in [0.15, 0.2) is 36.4 Å². The summed E-state index contributed by atoms with van der Waals surface area (Å²) in [4.78, 5) is 12.2. The van der Waals surface area contributed by atoms with Gasteiger partial charge in [-0.25, -0.2) is 8.78 Å². The summed E-state index contributed by atoms with van der Waals surface area (Å²) in [5.41, 5.74) is 0.150. The molecule has 0 amide bonds. The van der Waals surface area contributed by atoms with Crippen molar-refractivity contribution >= 4 is 17.4 Å². The minimum atomic E-state index is -0.679. The van der Waals surface area contributed by atoms with E-state index >= 15 is 0 Å². The van der Waals surface area contributed by atoms with Crippen LogP contribution in [0.4, 0.5) is 8.78 Å². The summed E-state index contributed by atoms with van der Waals surface area (Å²) in [6.07, 6.45) is -0.201. The van der Waals surface area contributed by atoms with Crippen molar-refractivity contribution in [3.8, 4) is 5.75 Å². The largest absolute Gasteiger partial charge is 0.496 e. The number of methoxy groups -OCH3 is 1. The van der Waals surface area contributed by atoms with Crippen molar-refractivity contribution in [1.29, 1.82) is 0 Å². The average Bonchev–Trinajstić information content (AvgIpc) is 2.43. The number of halogens is 3. The molecule has 0 spiro atoms. The summed E-state index contributed by atoms with van der Waals surface area (Å²) in [5.74, 6) is -1.67. The predicted molar refractivity (Wildman–Crippen MR) is 72.4 cm³/mol. The number of ketones is 1. The molecule has 2 aromatic carbocycles. The fourth-order valence-electron chi connectivity index (χ4n) is 1.89. The SMILES string of the molecule is COc1cccc(F)c1C(=O)Cc1cccc(F)c1Cl. The summed E-state index contributed by atoms with van der Waals surface area (Å²) in [6, 6.07) is 8.27. The Balaban J connectivity index is 2.36. The van der Waals surface area contributed by atoms with Crippen molar-refractivity contribution in [3.63, 3.8) is 0 Å². The molecule has 5 heteroatoms. The number of carbonyl (C=O) groups is 1. The Labute approximate surface area is 119 Å². The molecule has 2 rings (SSSR count). The molecule has 0 radical (unpaired) electrons. The molecule has 0 heterocycles.